The second kappa shape index (κ2) is 6.61. The zero-order valence-corrected chi connectivity index (χ0v) is 14.5. The van der Waals surface area contributed by atoms with Gasteiger partial charge in [0.05, 0.1) is 11.8 Å². The molecule has 8 nitrogen and oxygen atoms in total. The van der Waals surface area contributed by atoms with Crippen molar-refractivity contribution < 1.29 is 0 Å². The second-order valence-corrected chi connectivity index (χ2v) is 6.89. The molecule has 0 saturated heterocycles. The van der Waals surface area contributed by atoms with Crippen LogP contribution in [0.1, 0.15) is 11.4 Å². The molecule has 3 heterocycles. The molecule has 9 heteroatoms. The molecule has 0 fully saturated rings. The van der Waals surface area contributed by atoms with Gasteiger partial charge < -0.3 is 16.0 Å². The first-order valence-electron chi connectivity index (χ1n) is 7.94. The molecular formula is C16H18N8S. The third-order valence-corrected chi connectivity index (χ3v) is 4.90. The van der Waals surface area contributed by atoms with Crippen molar-refractivity contribution in [3.05, 3.63) is 42.1 Å². The Labute approximate surface area is 147 Å². The summed E-state index contributed by atoms with van der Waals surface area (Å²) in [6.45, 7) is 2.63. The Morgan fingerprint density at radius 3 is 3.08 bits per heavy atom. The van der Waals surface area contributed by atoms with E-state index in [-0.39, 0.29) is 6.04 Å². The largest absolute Gasteiger partial charge is 0.359 e. The van der Waals surface area contributed by atoms with E-state index in [9.17, 15) is 0 Å². The van der Waals surface area contributed by atoms with Gasteiger partial charge in [-0.3, -0.25) is 5.10 Å². The highest BCUT2D eigenvalue weighted by Crippen LogP contribution is 2.29. The van der Waals surface area contributed by atoms with Gasteiger partial charge in [-0.2, -0.15) is 5.10 Å². The van der Waals surface area contributed by atoms with Crippen LogP contribution in [0, 0.1) is 6.92 Å². The lowest BCUT2D eigenvalue weighted by Gasteiger charge is -2.10. The highest BCUT2D eigenvalue weighted by Gasteiger charge is 2.11. The van der Waals surface area contributed by atoms with E-state index in [0.29, 0.717) is 6.54 Å². The zero-order chi connectivity index (χ0) is 17.2. The number of nitrogens with two attached hydrogens (primary N) is 1. The minimum absolute atomic E-state index is 0.0299. The predicted octanol–water partition coefficient (Wildman–Crippen LogP) is 2.09. The van der Waals surface area contributed by atoms with Crippen LogP contribution in [-0.4, -0.2) is 42.9 Å². The van der Waals surface area contributed by atoms with Crippen molar-refractivity contribution in [3.8, 4) is 10.6 Å². The number of H-pyrrole nitrogens is 2. The molecule has 0 saturated carbocycles. The van der Waals surface area contributed by atoms with Gasteiger partial charge in [0.1, 0.15) is 5.01 Å². The molecule has 0 radical (unpaired) electrons. The highest BCUT2D eigenvalue weighted by molar-refractivity contribution is 7.18. The average molecular weight is 354 g/mol. The molecule has 0 bridgehead atoms. The number of anilines is 1. The van der Waals surface area contributed by atoms with Crippen molar-refractivity contribution in [1.82, 2.24) is 30.4 Å². The van der Waals surface area contributed by atoms with E-state index in [4.69, 9.17) is 5.73 Å². The molecule has 0 unspecified atom stereocenters. The van der Waals surface area contributed by atoms with Crippen molar-refractivity contribution in [3.63, 3.8) is 0 Å². The standard InChI is InChI=1S/C16H18N8S/c1-9-13-4-10(2-3-14(13)22-21-9)15-23-24-16(25-15)19-6-11(17)5-12-7-18-8-20-12/h2-4,7-8,11H,5-6,17H2,1H3,(H,18,20)(H,19,24)(H,21,22)/t11-/m0/s1. The lowest BCUT2D eigenvalue weighted by Crippen LogP contribution is -2.31. The van der Waals surface area contributed by atoms with Gasteiger partial charge in [-0.05, 0) is 25.1 Å². The highest BCUT2D eigenvalue weighted by atomic mass is 32.1. The lowest BCUT2D eigenvalue weighted by molar-refractivity contribution is 0.688. The smallest absolute Gasteiger partial charge is 0.206 e. The summed E-state index contributed by atoms with van der Waals surface area (Å²) >= 11 is 1.51. The van der Waals surface area contributed by atoms with Crippen LogP contribution in [-0.2, 0) is 6.42 Å². The fraction of sp³-hybridized carbons (Fsp3) is 0.250. The van der Waals surface area contributed by atoms with Crippen LogP contribution in [0.15, 0.2) is 30.7 Å². The number of nitrogens with one attached hydrogen (secondary N) is 3. The maximum atomic E-state index is 6.13. The first-order chi connectivity index (χ1) is 12.2. The maximum absolute atomic E-state index is 6.13. The Hall–Kier alpha value is -2.78. The minimum atomic E-state index is -0.0299. The number of benzene rings is 1. The number of rotatable bonds is 6. The molecule has 3 aromatic heterocycles. The Balaban J connectivity index is 1.43. The minimum Gasteiger partial charge on any atom is -0.359 e. The Bertz CT molecular complexity index is 971. The van der Waals surface area contributed by atoms with Crippen LogP contribution < -0.4 is 11.1 Å². The summed E-state index contributed by atoms with van der Waals surface area (Å²) < 4.78 is 0. The molecule has 0 spiro atoms. The van der Waals surface area contributed by atoms with E-state index >= 15 is 0 Å². The molecule has 0 amide bonds. The van der Waals surface area contributed by atoms with Gasteiger partial charge in [0, 0.05) is 47.5 Å². The van der Waals surface area contributed by atoms with Gasteiger partial charge in [0.25, 0.3) is 0 Å². The number of imidazole rings is 1. The molecule has 1 atom stereocenters. The van der Waals surface area contributed by atoms with E-state index in [1.165, 1.54) is 11.3 Å². The van der Waals surface area contributed by atoms with Crippen LogP contribution >= 0.6 is 11.3 Å². The zero-order valence-electron chi connectivity index (χ0n) is 13.7. The first-order valence-corrected chi connectivity index (χ1v) is 8.76. The van der Waals surface area contributed by atoms with Gasteiger partial charge in [-0.25, -0.2) is 4.98 Å². The molecule has 0 aliphatic heterocycles. The SMILES string of the molecule is Cc1[nH]nc2ccc(-c3nnc(NC[C@@H](N)Cc4cnc[nH]4)s3)cc12. The van der Waals surface area contributed by atoms with Crippen LogP contribution in [0.5, 0.6) is 0 Å². The molecule has 25 heavy (non-hydrogen) atoms. The number of aryl methyl sites for hydroxylation is 1. The molecule has 4 aromatic rings. The predicted molar refractivity (Wildman–Crippen MR) is 98.5 cm³/mol. The molecule has 5 N–H and O–H groups in total. The Morgan fingerprint density at radius 1 is 1.32 bits per heavy atom. The number of fused-ring (bicyclic) bond motifs is 1. The number of nitrogens with zero attached hydrogens (tertiary/aromatic N) is 4. The fourth-order valence-electron chi connectivity index (χ4n) is 2.65. The van der Waals surface area contributed by atoms with Crippen molar-refractivity contribution >= 4 is 27.4 Å². The lowest BCUT2D eigenvalue weighted by atomic mass is 10.1. The summed E-state index contributed by atoms with van der Waals surface area (Å²) in [5, 5.41) is 21.7. The third kappa shape index (κ3) is 3.37. The van der Waals surface area contributed by atoms with Crippen molar-refractivity contribution in [2.75, 3.05) is 11.9 Å². The number of aromatic amines is 2. The summed E-state index contributed by atoms with van der Waals surface area (Å²) in [6.07, 6.45) is 4.18. The summed E-state index contributed by atoms with van der Waals surface area (Å²) in [7, 11) is 0. The topological polar surface area (TPSA) is 121 Å². The van der Waals surface area contributed by atoms with Crippen molar-refractivity contribution in [1.29, 1.82) is 0 Å². The van der Waals surface area contributed by atoms with E-state index in [2.05, 4.69) is 41.7 Å². The Morgan fingerprint density at radius 2 is 2.24 bits per heavy atom. The monoisotopic (exact) mass is 354 g/mol. The Kier molecular flexibility index (Phi) is 4.16. The summed E-state index contributed by atoms with van der Waals surface area (Å²) in [4.78, 5) is 7.05. The van der Waals surface area contributed by atoms with E-state index in [1.54, 1.807) is 12.5 Å². The van der Waals surface area contributed by atoms with Gasteiger partial charge in [-0.1, -0.05) is 11.3 Å². The first kappa shape index (κ1) is 15.7. The second-order valence-electron chi connectivity index (χ2n) is 5.91. The van der Waals surface area contributed by atoms with Gasteiger partial charge >= 0.3 is 0 Å². The van der Waals surface area contributed by atoms with E-state index in [1.807, 2.05) is 19.1 Å². The van der Waals surface area contributed by atoms with Crippen LogP contribution in [0.2, 0.25) is 0 Å². The van der Waals surface area contributed by atoms with Gasteiger partial charge in [0.15, 0.2) is 0 Å². The third-order valence-electron chi connectivity index (χ3n) is 3.97. The summed E-state index contributed by atoms with van der Waals surface area (Å²) in [5.41, 5.74) is 10.2. The molecule has 1 aromatic carbocycles. The quantitative estimate of drug-likeness (QED) is 0.421. The number of hydrogen-bond donors (Lipinski definition) is 4. The van der Waals surface area contributed by atoms with Gasteiger partial charge in [0.2, 0.25) is 5.13 Å². The maximum Gasteiger partial charge on any atom is 0.206 e. The van der Waals surface area contributed by atoms with Crippen molar-refractivity contribution in [2.24, 2.45) is 5.73 Å². The number of aromatic nitrogens is 6. The van der Waals surface area contributed by atoms with Crippen LogP contribution in [0.3, 0.4) is 0 Å². The normalized spacial score (nSPS) is 12.6. The molecule has 0 aliphatic rings. The van der Waals surface area contributed by atoms with E-state index < -0.39 is 0 Å². The number of hydrogen-bond acceptors (Lipinski definition) is 7. The fourth-order valence-corrected chi connectivity index (χ4v) is 3.40. The van der Waals surface area contributed by atoms with Gasteiger partial charge in [-0.15, -0.1) is 10.2 Å². The molecule has 0 aliphatic carbocycles. The van der Waals surface area contributed by atoms with Crippen molar-refractivity contribution in [2.45, 2.75) is 19.4 Å². The molecular weight excluding hydrogens is 336 g/mol. The van der Waals surface area contributed by atoms with Crippen LogP contribution in [0.4, 0.5) is 5.13 Å². The molecule has 128 valence electrons. The average Bonchev–Trinajstić information content (AvgIpc) is 3.35. The van der Waals surface area contributed by atoms with E-state index in [0.717, 1.165) is 44.4 Å². The summed E-state index contributed by atoms with van der Waals surface area (Å²) in [5.74, 6) is 0. The van der Waals surface area contributed by atoms with Crippen LogP contribution in [0.25, 0.3) is 21.5 Å². The molecule has 4 rings (SSSR count). The summed E-state index contributed by atoms with van der Waals surface area (Å²) in [6, 6.07) is 6.06.